The first-order chi connectivity index (χ1) is 9.16. The van der Waals surface area contributed by atoms with Gasteiger partial charge in [-0.25, -0.2) is 0 Å². The molecule has 1 amide bonds. The molecule has 0 heterocycles. The lowest BCUT2D eigenvalue weighted by Gasteiger charge is -2.17. The van der Waals surface area contributed by atoms with Crippen LogP contribution in [-0.2, 0) is 4.79 Å². The number of nitrogens with zero attached hydrogens (tertiary/aromatic N) is 1. The Balaban J connectivity index is 1.96. The number of hydrogen-bond donors (Lipinski definition) is 1. The zero-order valence-electron chi connectivity index (χ0n) is 10.6. The summed E-state index contributed by atoms with van der Waals surface area (Å²) in [6, 6.07) is 15.7. The van der Waals surface area contributed by atoms with E-state index in [1.807, 2.05) is 18.2 Å². The average molecular weight is 257 g/mol. The molecule has 2 rings (SSSR count). The second-order valence-electron chi connectivity index (χ2n) is 4.07. The minimum atomic E-state index is -0.186. The van der Waals surface area contributed by atoms with E-state index in [0.717, 1.165) is 0 Å². The molecule has 2 aromatic carbocycles. The topological polar surface area (TPSA) is 49.8 Å². The van der Waals surface area contributed by atoms with E-state index in [0.29, 0.717) is 11.4 Å². The molecule has 98 valence electrons. The Hall–Kier alpha value is -2.49. The minimum absolute atomic E-state index is 0.0455. The number of ether oxygens (including phenoxy) is 1. The van der Waals surface area contributed by atoms with Gasteiger partial charge >= 0.3 is 0 Å². The maximum Gasteiger partial charge on any atom is 0.264 e. The van der Waals surface area contributed by atoms with Gasteiger partial charge in [-0.3, -0.25) is 4.79 Å². The molecular weight excluding hydrogens is 242 g/mol. The maximum atomic E-state index is 11.9. The molecule has 0 atom stereocenters. The van der Waals surface area contributed by atoms with Crippen molar-refractivity contribution in [3.63, 3.8) is 0 Å². The van der Waals surface area contributed by atoms with Gasteiger partial charge in [-0.15, -0.1) is 0 Å². The third-order valence-electron chi connectivity index (χ3n) is 2.70. The predicted octanol–water partition coefficient (Wildman–Crippen LogP) is 2.43. The molecule has 0 spiro atoms. The van der Waals surface area contributed by atoms with Crippen molar-refractivity contribution >= 4 is 11.6 Å². The first kappa shape index (κ1) is 13.0. The van der Waals surface area contributed by atoms with Crippen LogP contribution in [0.3, 0.4) is 0 Å². The summed E-state index contributed by atoms with van der Waals surface area (Å²) >= 11 is 0. The molecule has 0 aromatic heterocycles. The van der Waals surface area contributed by atoms with E-state index < -0.39 is 0 Å². The first-order valence-corrected chi connectivity index (χ1v) is 5.90. The summed E-state index contributed by atoms with van der Waals surface area (Å²) in [6.07, 6.45) is 0. The van der Waals surface area contributed by atoms with Gasteiger partial charge in [0.15, 0.2) is 6.61 Å². The van der Waals surface area contributed by atoms with Crippen LogP contribution in [0.1, 0.15) is 0 Å². The summed E-state index contributed by atoms with van der Waals surface area (Å²) < 4.78 is 5.39. The van der Waals surface area contributed by atoms with Crippen LogP contribution in [0.4, 0.5) is 5.69 Å². The SMILES string of the molecule is CN(C(=O)COc1ccccc1)c1cccc(O)c1. The van der Waals surface area contributed by atoms with Crippen LogP contribution < -0.4 is 9.64 Å². The molecule has 0 fully saturated rings. The zero-order chi connectivity index (χ0) is 13.7. The molecule has 0 aliphatic rings. The smallest absolute Gasteiger partial charge is 0.264 e. The molecule has 2 aromatic rings. The lowest BCUT2D eigenvalue weighted by atomic mass is 10.3. The molecule has 4 heteroatoms. The Morgan fingerprint density at radius 1 is 1.16 bits per heavy atom. The number of likely N-dealkylation sites (N-methyl/N-ethyl adjacent to an activating group) is 1. The number of hydrogen-bond acceptors (Lipinski definition) is 3. The van der Waals surface area contributed by atoms with Gasteiger partial charge in [0.05, 0.1) is 0 Å². The number of benzene rings is 2. The van der Waals surface area contributed by atoms with Crippen LogP contribution in [0.25, 0.3) is 0 Å². The summed E-state index contributed by atoms with van der Waals surface area (Å²) in [7, 11) is 1.64. The van der Waals surface area contributed by atoms with E-state index in [9.17, 15) is 9.90 Å². The highest BCUT2D eigenvalue weighted by molar-refractivity contribution is 5.94. The van der Waals surface area contributed by atoms with E-state index in [-0.39, 0.29) is 18.3 Å². The number of aromatic hydroxyl groups is 1. The Morgan fingerprint density at radius 2 is 1.89 bits per heavy atom. The van der Waals surface area contributed by atoms with Gasteiger partial charge in [0.25, 0.3) is 5.91 Å². The largest absolute Gasteiger partial charge is 0.508 e. The average Bonchev–Trinajstić information content (AvgIpc) is 2.45. The monoisotopic (exact) mass is 257 g/mol. The number of para-hydroxylation sites is 1. The molecule has 0 saturated carbocycles. The minimum Gasteiger partial charge on any atom is -0.508 e. The highest BCUT2D eigenvalue weighted by atomic mass is 16.5. The molecule has 0 aliphatic heterocycles. The van der Waals surface area contributed by atoms with Crippen molar-refractivity contribution in [1.29, 1.82) is 0 Å². The third-order valence-corrected chi connectivity index (χ3v) is 2.70. The van der Waals surface area contributed by atoms with E-state index in [1.54, 1.807) is 37.4 Å². The van der Waals surface area contributed by atoms with Gasteiger partial charge in [0.2, 0.25) is 0 Å². The van der Waals surface area contributed by atoms with E-state index in [4.69, 9.17) is 4.74 Å². The molecule has 0 bridgehead atoms. The van der Waals surface area contributed by atoms with Crippen LogP contribution in [0.2, 0.25) is 0 Å². The van der Waals surface area contributed by atoms with Crippen molar-refractivity contribution in [2.24, 2.45) is 0 Å². The fourth-order valence-electron chi connectivity index (χ4n) is 1.60. The van der Waals surface area contributed by atoms with Crippen molar-refractivity contribution in [3.8, 4) is 11.5 Å². The van der Waals surface area contributed by atoms with Crippen LogP contribution in [-0.4, -0.2) is 24.7 Å². The number of rotatable bonds is 4. The highest BCUT2D eigenvalue weighted by Gasteiger charge is 2.11. The summed E-state index contributed by atoms with van der Waals surface area (Å²) in [5.74, 6) is 0.593. The van der Waals surface area contributed by atoms with Gasteiger partial charge in [-0.1, -0.05) is 24.3 Å². The van der Waals surface area contributed by atoms with Crippen LogP contribution in [0.5, 0.6) is 11.5 Å². The second-order valence-corrected chi connectivity index (χ2v) is 4.07. The number of amides is 1. The molecular formula is C15H15NO3. The van der Waals surface area contributed by atoms with Crippen LogP contribution in [0, 0.1) is 0 Å². The lowest BCUT2D eigenvalue weighted by Crippen LogP contribution is -2.31. The molecule has 0 saturated heterocycles. The Labute approximate surface area is 111 Å². The number of anilines is 1. The predicted molar refractivity (Wildman–Crippen MR) is 73.5 cm³/mol. The number of carbonyl (C=O) groups is 1. The fourth-order valence-corrected chi connectivity index (χ4v) is 1.60. The normalized spacial score (nSPS) is 9.95. The second kappa shape index (κ2) is 5.91. The summed E-state index contributed by atoms with van der Waals surface area (Å²) in [6.45, 7) is -0.0455. The quantitative estimate of drug-likeness (QED) is 0.915. The number of phenols is 1. The lowest BCUT2D eigenvalue weighted by molar-refractivity contribution is -0.120. The molecule has 0 radical (unpaired) electrons. The van der Waals surface area contributed by atoms with E-state index in [1.165, 1.54) is 11.0 Å². The van der Waals surface area contributed by atoms with Crippen molar-refractivity contribution in [2.45, 2.75) is 0 Å². The first-order valence-electron chi connectivity index (χ1n) is 5.90. The standard InChI is InChI=1S/C15H15NO3/c1-16(12-6-5-7-13(17)10-12)15(18)11-19-14-8-3-2-4-9-14/h2-10,17H,11H2,1H3. The Bertz CT molecular complexity index is 554. The van der Waals surface area contributed by atoms with Gasteiger partial charge < -0.3 is 14.7 Å². The Kier molecular flexibility index (Phi) is 4.03. The summed E-state index contributed by atoms with van der Waals surface area (Å²) in [5, 5.41) is 9.38. The number of phenolic OH excluding ortho intramolecular Hbond substituents is 1. The van der Waals surface area contributed by atoms with Gasteiger partial charge in [-0.2, -0.15) is 0 Å². The molecule has 0 aliphatic carbocycles. The van der Waals surface area contributed by atoms with Crippen LogP contribution in [0.15, 0.2) is 54.6 Å². The molecule has 1 N–H and O–H groups in total. The summed E-state index contributed by atoms with van der Waals surface area (Å²) in [4.78, 5) is 13.4. The van der Waals surface area contributed by atoms with Crippen molar-refractivity contribution in [3.05, 3.63) is 54.6 Å². The number of carbonyl (C=O) groups excluding carboxylic acids is 1. The highest BCUT2D eigenvalue weighted by Crippen LogP contribution is 2.19. The molecule has 0 unspecified atom stereocenters. The van der Waals surface area contributed by atoms with Crippen molar-refractivity contribution < 1.29 is 14.6 Å². The van der Waals surface area contributed by atoms with Gasteiger partial charge in [-0.05, 0) is 24.3 Å². The van der Waals surface area contributed by atoms with Crippen molar-refractivity contribution in [1.82, 2.24) is 0 Å². The zero-order valence-corrected chi connectivity index (χ0v) is 10.6. The van der Waals surface area contributed by atoms with E-state index >= 15 is 0 Å². The summed E-state index contributed by atoms with van der Waals surface area (Å²) in [5.41, 5.74) is 0.627. The van der Waals surface area contributed by atoms with E-state index in [2.05, 4.69) is 0 Å². The van der Waals surface area contributed by atoms with Gasteiger partial charge in [0, 0.05) is 18.8 Å². The van der Waals surface area contributed by atoms with Gasteiger partial charge in [0.1, 0.15) is 11.5 Å². The fraction of sp³-hybridized carbons (Fsp3) is 0.133. The Morgan fingerprint density at radius 3 is 2.58 bits per heavy atom. The molecule has 4 nitrogen and oxygen atoms in total. The van der Waals surface area contributed by atoms with Crippen LogP contribution >= 0.6 is 0 Å². The van der Waals surface area contributed by atoms with Crippen molar-refractivity contribution in [2.75, 3.05) is 18.6 Å². The molecule has 19 heavy (non-hydrogen) atoms. The maximum absolute atomic E-state index is 11.9. The third kappa shape index (κ3) is 3.48.